The third-order valence-electron chi connectivity index (χ3n) is 1.62. The number of rotatable bonds is 2. The van der Waals surface area contributed by atoms with Crippen molar-refractivity contribution >= 4 is 0 Å². The van der Waals surface area contributed by atoms with Gasteiger partial charge in [0.05, 0.1) is 0 Å². The Bertz CT molecular complexity index is 248. The van der Waals surface area contributed by atoms with Gasteiger partial charge >= 0.3 is 0 Å². The molecule has 11 heavy (non-hydrogen) atoms. The normalized spacial score (nSPS) is 10.1. The van der Waals surface area contributed by atoms with Crippen molar-refractivity contribution in [2.45, 2.75) is 13.3 Å². The number of nitrogens with zero attached hydrogens (tertiary/aromatic N) is 1. The largest absolute Gasteiger partial charge is 0.330 e. The summed E-state index contributed by atoms with van der Waals surface area (Å²) >= 11 is 0. The van der Waals surface area contributed by atoms with Crippen LogP contribution >= 0.6 is 0 Å². The van der Waals surface area contributed by atoms with Gasteiger partial charge < -0.3 is 5.73 Å². The molecule has 0 aliphatic heterocycles. The fourth-order valence-corrected chi connectivity index (χ4v) is 0.941. The Morgan fingerprint density at radius 3 is 3.00 bits per heavy atom. The van der Waals surface area contributed by atoms with Gasteiger partial charge in [-0.1, -0.05) is 0 Å². The first kappa shape index (κ1) is 8.14. The fourth-order valence-electron chi connectivity index (χ4n) is 0.941. The minimum Gasteiger partial charge on any atom is -0.330 e. The molecule has 0 amide bonds. The molecule has 0 aliphatic rings. The first-order chi connectivity index (χ1) is 5.25. The van der Waals surface area contributed by atoms with Gasteiger partial charge in [-0.2, -0.15) is 0 Å². The van der Waals surface area contributed by atoms with E-state index in [4.69, 9.17) is 5.73 Å². The minimum atomic E-state index is -0.205. The molecule has 0 atom stereocenters. The third kappa shape index (κ3) is 1.74. The van der Waals surface area contributed by atoms with E-state index in [2.05, 4.69) is 4.98 Å². The van der Waals surface area contributed by atoms with Crippen molar-refractivity contribution in [3.63, 3.8) is 0 Å². The lowest BCUT2D eigenvalue weighted by molar-refractivity contribution is 0.611. The molecule has 0 unspecified atom stereocenters. The summed E-state index contributed by atoms with van der Waals surface area (Å²) in [5.74, 6) is -0.205. The number of pyridine rings is 1. The summed E-state index contributed by atoms with van der Waals surface area (Å²) in [7, 11) is 0. The Balaban J connectivity index is 2.96. The lowest BCUT2D eigenvalue weighted by Crippen LogP contribution is -2.06. The average molecular weight is 154 g/mol. The molecule has 1 rings (SSSR count). The van der Waals surface area contributed by atoms with Gasteiger partial charge in [-0.25, -0.2) is 4.39 Å². The number of halogens is 1. The van der Waals surface area contributed by atoms with Crippen LogP contribution in [0.2, 0.25) is 0 Å². The Labute approximate surface area is 65.3 Å². The summed E-state index contributed by atoms with van der Waals surface area (Å²) in [6.45, 7) is 2.23. The highest BCUT2D eigenvalue weighted by Crippen LogP contribution is 2.08. The van der Waals surface area contributed by atoms with E-state index >= 15 is 0 Å². The number of hydrogen-bond donors (Lipinski definition) is 1. The molecule has 3 heteroatoms. The van der Waals surface area contributed by atoms with Crippen LogP contribution in [-0.4, -0.2) is 11.5 Å². The van der Waals surface area contributed by atoms with Crippen molar-refractivity contribution in [1.82, 2.24) is 4.98 Å². The highest BCUT2D eigenvalue weighted by Gasteiger charge is 2.02. The zero-order chi connectivity index (χ0) is 8.27. The predicted octanol–water partition coefficient (Wildman–Crippen LogP) is 1.03. The molecule has 1 aromatic rings. The number of aromatic nitrogens is 1. The fraction of sp³-hybridized carbons (Fsp3) is 0.375. The summed E-state index contributed by atoms with van der Waals surface area (Å²) < 4.78 is 12.8. The first-order valence-electron chi connectivity index (χ1n) is 3.55. The smallest absolute Gasteiger partial charge is 0.129 e. The van der Waals surface area contributed by atoms with Crippen molar-refractivity contribution in [3.05, 3.63) is 29.3 Å². The Morgan fingerprint density at radius 2 is 2.36 bits per heavy atom. The highest BCUT2D eigenvalue weighted by molar-refractivity contribution is 5.19. The van der Waals surface area contributed by atoms with Crippen LogP contribution in [0.1, 0.15) is 11.3 Å². The molecule has 0 saturated heterocycles. The van der Waals surface area contributed by atoms with E-state index in [1.807, 2.05) is 0 Å². The van der Waals surface area contributed by atoms with Gasteiger partial charge in [0.15, 0.2) is 0 Å². The van der Waals surface area contributed by atoms with Crippen LogP contribution in [0.5, 0.6) is 0 Å². The van der Waals surface area contributed by atoms with Crippen molar-refractivity contribution in [2.75, 3.05) is 6.54 Å². The molecule has 0 aromatic carbocycles. The van der Waals surface area contributed by atoms with Crippen LogP contribution in [0, 0.1) is 12.7 Å². The van der Waals surface area contributed by atoms with Gasteiger partial charge in [0, 0.05) is 23.9 Å². The van der Waals surface area contributed by atoms with Crippen LogP contribution in [0.25, 0.3) is 0 Å². The zero-order valence-corrected chi connectivity index (χ0v) is 6.47. The topological polar surface area (TPSA) is 38.9 Å². The second-order valence-electron chi connectivity index (χ2n) is 2.40. The molecule has 2 N–H and O–H groups in total. The summed E-state index contributed by atoms with van der Waals surface area (Å²) in [6, 6.07) is 1.36. The minimum absolute atomic E-state index is 0.205. The molecule has 2 nitrogen and oxygen atoms in total. The van der Waals surface area contributed by atoms with E-state index in [1.165, 1.54) is 12.3 Å². The van der Waals surface area contributed by atoms with Gasteiger partial charge in [-0.3, -0.25) is 4.98 Å². The van der Waals surface area contributed by atoms with E-state index < -0.39 is 0 Å². The summed E-state index contributed by atoms with van der Waals surface area (Å²) in [4.78, 5) is 4.01. The molecule has 0 aliphatic carbocycles. The maximum atomic E-state index is 12.8. The van der Waals surface area contributed by atoms with E-state index in [-0.39, 0.29) is 5.82 Å². The predicted molar refractivity (Wildman–Crippen MR) is 41.7 cm³/mol. The van der Waals surface area contributed by atoms with Gasteiger partial charge in [0.1, 0.15) is 5.82 Å². The Morgan fingerprint density at radius 1 is 1.64 bits per heavy atom. The van der Waals surface area contributed by atoms with E-state index in [0.717, 1.165) is 5.69 Å². The van der Waals surface area contributed by atoms with Gasteiger partial charge in [0.25, 0.3) is 0 Å². The second kappa shape index (κ2) is 3.44. The summed E-state index contributed by atoms with van der Waals surface area (Å²) in [5, 5.41) is 0. The molecular formula is C8H11FN2. The van der Waals surface area contributed by atoms with Gasteiger partial charge in [-0.15, -0.1) is 0 Å². The monoisotopic (exact) mass is 154 g/mol. The Hall–Kier alpha value is -0.960. The summed E-state index contributed by atoms with van der Waals surface area (Å²) in [5.41, 5.74) is 6.68. The molecular weight excluding hydrogens is 143 g/mol. The van der Waals surface area contributed by atoms with Crippen molar-refractivity contribution < 1.29 is 4.39 Å². The lowest BCUT2D eigenvalue weighted by atomic mass is 10.1. The van der Waals surface area contributed by atoms with Crippen molar-refractivity contribution in [2.24, 2.45) is 5.73 Å². The molecule has 0 bridgehead atoms. The van der Waals surface area contributed by atoms with Gasteiger partial charge in [-0.05, 0) is 19.5 Å². The molecule has 1 heterocycles. The molecule has 60 valence electrons. The number of hydrogen-bond acceptors (Lipinski definition) is 2. The van der Waals surface area contributed by atoms with E-state index in [0.29, 0.717) is 18.5 Å². The van der Waals surface area contributed by atoms with Crippen LogP contribution in [0.15, 0.2) is 12.3 Å². The maximum Gasteiger partial charge on any atom is 0.129 e. The first-order valence-corrected chi connectivity index (χ1v) is 3.55. The molecule has 0 fully saturated rings. The lowest BCUT2D eigenvalue weighted by Gasteiger charge is -2.02. The van der Waals surface area contributed by atoms with Crippen LogP contribution in [0.4, 0.5) is 4.39 Å². The number of nitrogens with two attached hydrogens (primary N) is 1. The standard InChI is InChI=1S/C8H11FN2/c1-6-7(9)3-5-11-8(6)2-4-10/h3,5H,2,4,10H2,1H3. The quantitative estimate of drug-likeness (QED) is 0.691. The summed E-state index contributed by atoms with van der Waals surface area (Å²) in [6.07, 6.45) is 2.11. The van der Waals surface area contributed by atoms with Crippen molar-refractivity contribution in [3.8, 4) is 0 Å². The van der Waals surface area contributed by atoms with Crippen LogP contribution in [0.3, 0.4) is 0 Å². The van der Waals surface area contributed by atoms with Crippen LogP contribution < -0.4 is 5.73 Å². The highest BCUT2D eigenvalue weighted by atomic mass is 19.1. The molecule has 0 saturated carbocycles. The SMILES string of the molecule is Cc1c(F)ccnc1CCN. The third-order valence-corrected chi connectivity index (χ3v) is 1.62. The van der Waals surface area contributed by atoms with Gasteiger partial charge in [0.2, 0.25) is 0 Å². The second-order valence-corrected chi connectivity index (χ2v) is 2.40. The maximum absolute atomic E-state index is 12.8. The van der Waals surface area contributed by atoms with Crippen LogP contribution in [-0.2, 0) is 6.42 Å². The van der Waals surface area contributed by atoms with E-state index in [9.17, 15) is 4.39 Å². The average Bonchev–Trinajstić information content (AvgIpc) is 1.99. The van der Waals surface area contributed by atoms with Crippen molar-refractivity contribution in [1.29, 1.82) is 0 Å². The molecule has 0 spiro atoms. The van der Waals surface area contributed by atoms with E-state index in [1.54, 1.807) is 6.92 Å². The molecule has 1 aromatic heterocycles. The Kier molecular flexibility index (Phi) is 2.54. The zero-order valence-electron chi connectivity index (χ0n) is 6.47. The molecule has 0 radical (unpaired) electrons.